The maximum absolute atomic E-state index is 12.6. The Morgan fingerprint density at radius 2 is 2.00 bits per heavy atom. The number of sulfonamides is 1. The lowest BCUT2D eigenvalue weighted by Crippen LogP contribution is -2.49. The summed E-state index contributed by atoms with van der Waals surface area (Å²) >= 11 is 1.33. The molecule has 0 bridgehead atoms. The van der Waals surface area contributed by atoms with E-state index >= 15 is 0 Å². The number of hydrogen-bond acceptors (Lipinski definition) is 5. The van der Waals surface area contributed by atoms with Crippen LogP contribution in [0.15, 0.2) is 15.7 Å². The molecule has 1 saturated carbocycles. The molecule has 0 spiro atoms. The first-order valence-corrected chi connectivity index (χ1v) is 9.39. The fourth-order valence-electron chi connectivity index (χ4n) is 2.66. The van der Waals surface area contributed by atoms with Crippen LogP contribution in [0.4, 0.5) is 0 Å². The Hall–Kier alpha value is -0.470. The average molecular weight is 315 g/mol. The van der Waals surface area contributed by atoms with E-state index in [1.807, 2.05) is 12.4 Å². The molecule has 1 aliphatic carbocycles. The van der Waals surface area contributed by atoms with Gasteiger partial charge in [-0.05, 0) is 36.9 Å². The molecule has 0 aromatic carbocycles. The molecule has 20 heavy (non-hydrogen) atoms. The number of hydrogen-bond donors (Lipinski definition) is 1. The smallest absolute Gasteiger partial charge is 0.252 e. The second-order valence-corrected chi connectivity index (χ2v) is 8.55. The summed E-state index contributed by atoms with van der Waals surface area (Å²) in [5.41, 5.74) is 1.03. The van der Waals surface area contributed by atoms with Crippen molar-refractivity contribution >= 4 is 21.4 Å². The van der Waals surface area contributed by atoms with E-state index in [0.29, 0.717) is 23.8 Å². The lowest BCUT2D eigenvalue weighted by atomic mass is 10.3. The van der Waals surface area contributed by atoms with Crippen molar-refractivity contribution in [3.63, 3.8) is 0 Å². The van der Waals surface area contributed by atoms with Gasteiger partial charge in [-0.25, -0.2) is 8.42 Å². The predicted octanol–water partition coefficient (Wildman–Crippen LogP) is 0.936. The van der Waals surface area contributed by atoms with Gasteiger partial charge in [-0.1, -0.05) is 0 Å². The fourth-order valence-corrected chi connectivity index (χ4v) is 5.45. The Bertz CT molecular complexity index is 558. The van der Waals surface area contributed by atoms with E-state index in [1.54, 1.807) is 10.4 Å². The molecule has 0 atom stereocenters. The van der Waals surface area contributed by atoms with Crippen LogP contribution in [0.1, 0.15) is 18.4 Å². The molecule has 5 nitrogen and oxygen atoms in total. The van der Waals surface area contributed by atoms with Crippen molar-refractivity contribution in [1.29, 1.82) is 0 Å². The van der Waals surface area contributed by atoms with Gasteiger partial charge < -0.3 is 5.32 Å². The molecule has 112 valence electrons. The van der Waals surface area contributed by atoms with Gasteiger partial charge in [-0.15, -0.1) is 11.3 Å². The first kappa shape index (κ1) is 14.5. The standard InChI is InChI=1S/C13H21N3O2S2/c1-14-9-11-8-13(19-10-11)20(17,18)16-6-4-15(5-7-16)12-2-3-12/h8,10,12,14H,2-7,9H2,1H3. The lowest BCUT2D eigenvalue weighted by molar-refractivity contribution is 0.181. The zero-order chi connectivity index (χ0) is 14.2. The minimum absolute atomic E-state index is 0.475. The Kier molecular flexibility index (Phi) is 4.14. The zero-order valence-corrected chi connectivity index (χ0v) is 13.3. The molecule has 7 heteroatoms. The molecule has 0 unspecified atom stereocenters. The summed E-state index contributed by atoms with van der Waals surface area (Å²) in [6, 6.07) is 2.52. The quantitative estimate of drug-likeness (QED) is 0.878. The summed E-state index contributed by atoms with van der Waals surface area (Å²) in [6.45, 7) is 3.70. The number of rotatable bonds is 5. The van der Waals surface area contributed by atoms with Crippen LogP contribution >= 0.6 is 11.3 Å². The maximum Gasteiger partial charge on any atom is 0.252 e. The van der Waals surface area contributed by atoms with Crippen LogP contribution < -0.4 is 5.32 Å². The van der Waals surface area contributed by atoms with Crippen LogP contribution in [0.5, 0.6) is 0 Å². The van der Waals surface area contributed by atoms with E-state index in [9.17, 15) is 8.42 Å². The summed E-state index contributed by atoms with van der Waals surface area (Å²) in [5.74, 6) is 0. The molecule has 1 aromatic rings. The highest BCUT2D eigenvalue weighted by atomic mass is 32.2. The first-order chi connectivity index (χ1) is 9.61. The van der Waals surface area contributed by atoms with Crippen molar-refractivity contribution < 1.29 is 8.42 Å². The topological polar surface area (TPSA) is 52.7 Å². The molecular formula is C13H21N3O2S2. The molecule has 2 heterocycles. The molecule has 2 fully saturated rings. The third-order valence-corrected chi connectivity index (χ3v) is 7.30. The SMILES string of the molecule is CNCc1csc(S(=O)(=O)N2CCN(C3CC3)CC2)c1. The van der Waals surface area contributed by atoms with Crippen LogP contribution in [0.3, 0.4) is 0 Å². The van der Waals surface area contributed by atoms with E-state index in [-0.39, 0.29) is 0 Å². The van der Waals surface area contributed by atoms with Crippen LogP contribution in [-0.2, 0) is 16.6 Å². The van der Waals surface area contributed by atoms with E-state index in [4.69, 9.17) is 0 Å². The predicted molar refractivity (Wildman–Crippen MR) is 80.4 cm³/mol. The van der Waals surface area contributed by atoms with Crippen LogP contribution in [0, 0.1) is 0 Å². The molecular weight excluding hydrogens is 294 g/mol. The highest BCUT2D eigenvalue weighted by Gasteiger charge is 2.35. The second-order valence-electron chi connectivity index (χ2n) is 5.48. The van der Waals surface area contributed by atoms with Gasteiger partial charge in [0.2, 0.25) is 0 Å². The van der Waals surface area contributed by atoms with Crippen molar-refractivity contribution in [2.24, 2.45) is 0 Å². The Labute approximate surface area is 124 Å². The van der Waals surface area contributed by atoms with E-state index in [0.717, 1.165) is 24.7 Å². The Balaban J connectivity index is 1.67. The van der Waals surface area contributed by atoms with Gasteiger partial charge in [-0.3, -0.25) is 4.90 Å². The number of thiophene rings is 1. The molecule has 0 radical (unpaired) electrons. The van der Waals surface area contributed by atoms with Gasteiger partial charge in [-0.2, -0.15) is 4.31 Å². The van der Waals surface area contributed by atoms with Crippen LogP contribution in [0.25, 0.3) is 0 Å². The highest BCUT2D eigenvalue weighted by molar-refractivity contribution is 7.91. The van der Waals surface area contributed by atoms with Gasteiger partial charge in [0.15, 0.2) is 0 Å². The molecule has 1 saturated heterocycles. The first-order valence-electron chi connectivity index (χ1n) is 7.07. The minimum Gasteiger partial charge on any atom is -0.316 e. The van der Waals surface area contributed by atoms with Crippen LogP contribution in [0.2, 0.25) is 0 Å². The number of piperazine rings is 1. The van der Waals surface area contributed by atoms with Crippen molar-refractivity contribution in [1.82, 2.24) is 14.5 Å². The minimum atomic E-state index is -3.29. The largest absolute Gasteiger partial charge is 0.316 e. The van der Waals surface area contributed by atoms with Gasteiger partial charge in [0.05, 0.1) is 0 Å². The second kappa shape index (κ2) is 5.73. The van der Waals surface area contributed by atoms with Gasteiger partial charge in [0, 0.05) is 38.8 Å². The summed E-state index contributed by atoms with van der Waals surface area (Å²) in [4.78, 5) is 2.42. The Morgan fingerprint density at radius 1 is 1.30 bits per heavy atom. The molecule has 0 amide bonds. The number of nitrogens with one attached hydrogen (secondary N) is 1. The van der Waals surface area contributed by atoms with Crippen molar-refractivity contribution in [3.05, 3.63) is 17.0 Å². The zero-order valence-electron chi connectivity index (χ0n) is 11.7. The number of nitrogens with zero attached hydrogens (tertiary/aromatic N) is 2. The van der Waals surface area contributed by atoms with Crippen molar-refractivity contribution in [2.75, 3.05) is 33.2 Å². The maximum atomic E-state index is 12.6. The molecule has 1 aliphatic heterocycles. The molecule has 3 rings (SSSR count). The Morgan fingerprint density at radius 3 is 2.60 bits per heavy atom. The summed E-state index contributed by atoms with van der Waals surface area (Å²) in [5, 5.41) is 4.97. The monoisotopic (exact) mass is 315 g/mol. The third-order valence-electron chi connectivity index (χ3n) is 3.94. The van der Waals surface area contributed by atoms with Crippen molar-refractivity contribution in [2.45, 2.75) is 29.6 Å². The summed E-state index contributed by atoms with van der Waals surface area (Å²) in [7, 11) is -1.43. The average Bonchev–Trinajstić information content (AvgIpc) is 3.19. The van der Waals surface area contributed by atoms with Crippen molar-refractivity contribution in [3.8, 4) is 0 Å². The van der Waals surface area contributed by atoms with Crippen LogP contribution in [-0.4, -0.2) is 56.9 Å². The summed E-state index contributed by atoms with van der Waals surface area (Å²) < 4.78 is 27.3. The van der Waals surface area contributed by atoms with E-state index in [1.165, 1.54) is 24.2 Å². The normalized spacial score (nSPS) is 22.2. The summed E-state index contributed by atoms with van der Waals surface area (Å²) in [6.07, 6.45) is 2.57. The van der Waals surface area contributed by atoms with Gasteiger partial charge >= 0.3 is 0 Å². The van der Waals surface area contributed by atoms with E-state index < -0.39 is 10.0 Å². The lowest BCUT2D eigenvalue weighted by Gasteiger charge is -2.33. The molecule has 1 aromatic heterocycles. The fraction of sp³-hybridized carbons (Fsp3) is 0.692. The van der Waals surface area contributed by atoms with Gasteiger partial charge in [0.1, 0.15) is 4.21 Å². The van der Waals surface area contributed by atoms with Gasteiger partial charge in [0.25, 0.3) is 10.0 Å². The third kappa shape index (κ3) is 2.92. The molecule has 2 aliphatic rings. The molecule has 1 N–H and O–H groups in total. The van der Waals surface area contributed by atoms with E-state index in [2.05, 4.69) is 10.2 Å². The highest BCUT2D eigenvalue weighted by Crippen LogP contribution is 2.29.